The van der Waals surface area contributed by atoms with Crippen molar-refractivity contribution in [2.75, 3.05) is 18.2 Å². The Balaban J connectivity index is 2.04. The number of hydrogen-bond acceptors (Lipinski definition) is 5. The number of nitrogen functional groups attached to an aromatic ring is 1. The third-order valence-electron chi connectivity index (χ3n) is 3.22. The zero-order valence-corrected chi connectivity index (χ0v) is 10.4. The third kappa shape index (κ3) is 3.22. The zero-order valence-electron chi connectivity index (χ0n) is 10.4. The minimum Gasteiger partial charge on any atom is -0.481 e. The second kappa shape index (κ2) is 5.21. The summed E-state index contributed by atoms with van der Waals surface area (Å²) in [6.45, 7) is 2.29. The van der Waals surface area contributed by atoms with Crippen LogP contribution in [-0.2, 0) is 0 Å². The summed E-state index contributed by atoms with van der Waals surface area (Å²) in [5, 5.41) is 3.42. The summed E-state index contributed by atoms with van der Waals surface area (Å²) in [6, 6.07) is 2.27. The van der Waals surface area contributed by atoms with Crippen molar-refractivity contribution in [3.05, 3.63) is 6.07 Å². The number of rotatable bonds is 3. The van der Waals surface area contributed by atoms with Gasteiger partial charge in [-0.1, -0.05) is 19.8 Å². The average molecular weight is 236 g/mol. The van der Waals surface area contributed by atoms with E-state index in [0.717, 1.165) is 11.7 Å². The smallest absolute Gasteiger partial charge is 0.225 e. The first-order valence-electron chi connectivity index (χ1n) is 6.12. The van der Waals surface area contributed by atoms with Gasteiger partial charge in [0.25, 0.3) is 0 Å². The van der Waals surface area contributed by atoms with Gasteiger partial charge in [0.2, 0.25) is 11.8 Å². The van der Waals surface area contributed by atoms with Crippen LogP contribution < -0.4 is 15.8 Å². The van der Waals surface area contributed by atoms with Crippen LogP contribution in [0.2, 0.25) is 0 Å². The lowest BCUT2D eigenvalue weighted by Crippen LogP contribution is -2.26. The molecule has 0 bridgehead atoms. The highest BCUT2D eigenvalue weighted by atomic mass is 16.5. The van der Waals surface area contributed by atoms with Crippen LogP contribution in [0.4, 0.5) is 11.8 Å². The molecular weight excluding hydrogens is 216 g/mol. The minimum atomic E-state index is 0.246. The molecule has 3 N–H and O–H groups in total. The van der Waals surface area contributed by atoms with Crippen molar-refractivity contribution >= 4 is 11.8 Å². The highest BCUT2D eigenvalue weighted by Crippen LogP contribution is 2.26. The highest BCUT2D eigenvalue weighted by Gasteiger charge is 2.19. The molecule has 17 heavy (non-hydrogen) atoms. The van der Waals surface area contributed by atoms with Gasteiger partial charge >= 0.3 is 0 Å². The molecule has 1 aromatic heterocycles. The van der Waals surface area contributed by atoms with Crippen molar-refractivity contribution in [1.29, 1.82) is 0 Å². The lowest BCUT2D eigenvalue weighted by molar-refractivity contribution is 0.358. The van der Waals surface area contributed by atoms with Crippen LogP contribution in [-0.4, -0.2) is 23.1 Å². The lowest BCUT2D eigenvalue weighted by atomic mass is 9.87. The Bertz CT molecular complexity index is 383. The van der Waals surface area contributed by atoms with E-state index in [2.05, 4.69) is 22.2 Å². The van der Waals surface area contributed by atoms with Crippen LogP contribution in [0.3, 0.4) is 0 Å². The molecule has 1 heterocycles. The van der Waals surface area contributed by atoms with E-state index < -0.39 is 0 Å². The number of aromatic nitrogens is 2. The fraction of sp³-hybridized carbons (Fsp3) is 0.667. The van der Waals surface area contributed by atoms with Crippen LogP contribution in [0.1, 0.15) is 32.6 Å². The Morgan fingerprint density at radius 3 is 2.94 bits per heavy atom. The summed E-state index contributed by atoms with van der Waals surface area (Å²) in [5.41, 5.74) is 5.63. The molecule has 1 aliphatic rings. The van der Waals surface area contributed by atoms with Gasteiger partial charge in [0, 0.05) is 12.1 Å². The summed E-state index contributed by atoms with van der Waals surface area (Å²) < 4.78 is 5.07. The van der Waals surface area contributed by atoms with Gasteiger partial charge < -0.3 is 15.8 Å². The molecule has 5 nitrogen and oxygen atoms in total. The second-order valence-corrected chi connectivity index (χ2v) is 4.77. The molecule has 0 saturated heterocycles. The van der Waals surface area contributed by atoms with Gasteiger partial charge in [-0.15, -0.1) is 0 Å². The van der Waals surface area contributed by atoms with Crippen LogP contribution in [0, 0.1) is 5.92 Å². The Morgan fingerprint density at radius 1 is 1.41 bits per heavy atom. The van der Waals surface area contributed by atoms with Crippen molar-refractivity contribution in [1.82, 2.24) is 9.97 Å². The number of methoxy groups -OCH3 is 1. The number of anilines is 2. The summed E-state index contributed by atoms with van der Waals surface area (Å²) in [7, 11) is 1.58. The maximum absolute atomic E-state index is 5.63. The first kappa shape index (κ1) is 12.0. The molecule has 0 amide bonds. The maximum atomic E-state index is 5.63. The van der Waals surface area contributed by atoms with Gasteiger partial charge in [-0.25, -0.2) is 0 Å². The topological polar surface area (TPSA) is 73.1 Å². The van der Waals surface area contributed by atoms with Crippen LogP contribution >= 0.6 is 0 Å². The maximum Gasteiger partial charge on any atom is 0.225 e. The van der Waals surface area contributed by atoms with E-state index in [0.29, 0.717) is 11.9 Å². The number of ether oxygens (including phenoxy) is 1. The van der Waals surface area contributed by atoms with E-state index in [4.69, 9.17) is 10.5 Å². The number of nitrogens with one attached hydrogen (secondary N) is 1. The van der Waals surface area contributed by atoms with Crippen molar-refractivity contribution in [3.8, 4) is 5.88 Å². The molecule has 1 fully saturated rings. The molecule has 94 valence electrons. The van der Waals surface area contributed by atoms with Crippen LogP contribution in [0.25, 0.3) is 0 Å². The molecule has 1 aromatic rings. The number of nitrogens with zero attached hydrogens (tertiary/aromatic N) is 2. The van der Waals surface area contributed by atoms with Gasteiger partial charge in [0.15, 0.2) is 0 Å². The molecule has 2 rings (SSSR count). The van der Waals surface area contributed by atoms with Gasteiger partial charge in [-0.05, 0) is 18.8 Å². The van der Waals surface area contributed by atoms with Gasteiger partial charge in [0.1, 0.15) is 5.82 Å². The zero-order chi connectivity index (χ0) is 12.3. The van der Waals surface area contributed by atoms with E-state index in [9.17, 15) is 0 Å². The Hall–Kier alpha value is -1.52. The predicted molar refractivity (Wildman–Crippen MR) is 68.0 cm³/mol. The molecule has 2 atom stereocenters. The molecule has 0 aliphatic heterocycles. The van der Waals surface area contributed by atoms with Crippen molar-refractivity contribution in [2.24, 2.45) is 5.92 Å². The number of nitrogens with two attached hydrogens (primary N) is 1. The minimum absolute atomic E-state index is 0.246. The van der Waals surface area contributed by atoms with Crippen molar-refractivity contribution < 1.29 is 4.74 Å². The van der Waals surface area contributed by atoms with E-state index >= 15 is 0 Å². The highest BCUT2D eigenvalue weighted by molar-refractivity contribution is 5.43. The van der Waals surface area contributed by atoms with Crippen LogP contribution in [0.5, 0.6) is 5.88 Å². The molecule has 2 unspecified atom stereocenters. The second-order valence-electron chi connectivity index (χ2n) is 4.77. The average Bonchev–Trinajstić information content (AvgIpc) is 2.28. The van der Waals surface area contributed by atoms with E-state index in [1.54, 1.807) is 13.2 Å². The monoisotopic (exact) mass is 236 g/mol. The summed E-state index contributed by atoms with van der Waals surface area (Å²) in [4.78, 5) is 8.14. The number of hydrogen-bond donors (Lipinski definition) is 2. The first-order chi connectivity index (χ1) is 8.17. The Kier molecular flexibility index (Phi) is 3.66. The van der Waals surface area contributed by atoms with Crippen molar-refractivity contribution in [3.63, 3.8) is 0 Å². The lowest BCUT2D eigenvalue weighted by Gasteiger charge is -2.27. The normalized spacial score (nSPS) is 24.4. The summed E-state index contributed by atoms with van der Waals surface area (Å²) >= 11 is 0. The molecular formula is C12H20N4O. The van der Waals surface area contributed by atoms with E-state index in [1.807, 2.05) is 0 Å². The van der Waals surface area contributed by atoms with Crippen LogP contribution in [0.15, 0.2) is 6.07 Å². The Labute approximate surface area is 102 Å². The molecule has 0 radical (unpaired) electrons. The van der Waals surface area contributed by atoms with E-state index in [1.165, 1.54) is 25.7 Å². The SMILES string of the molecule is COc1cc(NC2CCCC(C)C2)nc(N)n1. The fourth-order valence-corrected chi connectivity index (χ4v) is 2.40. The Morgan fingerprint density at radius 2 is 2.24 bits per heavy atom. The molecule has 1 saturated carbocycles. The third-order valence-corrected chi connectivity index (χ3v) is 3.22. The predicted octanol–water partition coefficient (Wildman–Crippen LogP) is 2.06. The standard InChI is InChI=1S/C12H20N4O/c1-8-4-3-5-9(6-8)14-10-7-11(17-2)16-12(13)15-10/h7-9H,3-6H2,1-2H3,(H3,13,14,15,16). The molecule has 1 aliphatic carbocycles. The van der Waals surface area contributed by atoms with Gasteiger partial charge in [-0.3, -0.25) is 0 Å². The van der Waals surface area contributed by atoms with Gasteiger partial charge in [0.05, 0.1) is 7.11 Å². The summed E-state index contributed by atoms with van der Waals surface area (Å²) in [5.74, 6) is 2.29. The largest absolute Gasteiger partial charge is 0.481 e. The van der Waals surface area contributed by atoms with Gasteiger partial charge in [-0.2, -0.15) is 9.97 Å². The molecule has 0 aromatic carbocycles. The molecule has 5 heteroatoms. The first-order valence-corrected chi connectivity index (χ1v) is 6.12. The molecule has 0 spiro atoms. The fourth-order valence-electron chi connectivity index (χ4n) is 2.40. The quantitative estimate of drug-likeness (QED) is 0.840. The van der Waals surface area contributed by atoms with E-state index in [-0.39, 0.29) is 5.95 Å². The van der Waals surface area contributed by atoms with Crippen molar-refractivity contribution in [2.45, 2.75) is 38.6 Å². The summed E-state index contributed by atoms with van der Waals surface area (Å²) in [6.07, 6.45) is 4.98.